The first-order valence-corrected chi connectivity index (χ1v) is 9.43. The molecule has 1 aliphatic heterocycles. The monoisotopic (exact) mass is 349 g/mol. The predicted octanol–water partition coefficient (Wildman–Crippen LogP) is 6.09. The van der Waals surface area contributed by atoms with E-state index in [0.717, 1.165) is 41.9 Å². The van der Waals surface area contributed by atoms with Gasteiger partial charge in [-0.3, -0.25) is 4.98 Å². The summed E-state index contributed by atoms with van der Waals surface area (Å²) in [5.41, 5.74) is 2.41. The minimum Gasteiger partial charge on any atom is -0.493 e. The summed E-state index contributed by atoms with van der Waals surface area (Å²) >= 11 is 0. The zero-order chi connectivity index (χ0) is 18.4. The molecule has 0 amide bonds. The minimum absolute atomic E-state index is 0.0186. The molecule has 0 bridgehead atoms. The molecule has 2 aromatic heterocycles. The van der Waals surface area contributed by atoms with Gasteiger partial charge in [0.05, 0.1) is 6.61 Å². The van der Waals surface area contributed by atoms with Gasteiger partial charge in [0, 0.05) is 34.7 Å². The molecular formula is C23H27NO2. The Bertz CT molecular complexity index is 890. The number of aromatic nitrogens is 1. The number of pyridine rings is 1. The lowest BCUT2D eigenvalue weighted by atomic mass is 9.70. The van der Waals surface area contributed by atoms with Crippen molar-refractivity contribution in [3.63, 3.8) is 0 Å². The number of rotatable bonds is 5. The number of fused-ring (bicyclic) bond motifs is 2. The molecule has 0 saturated carbocycles. The van der Waals surface area contributed by atoms with Gasteiger partial charge in [0.15, 0.2) is 0 Å². The van der Waals surface area contributed by atoms with Crippen molar-refractivity contribution >= 4 is 11.0 Å². The van der Waals surface area contributed by atoms with Crippen molar-refractivity contribution in [1.82, 2.24) is 4.98 Å². The number of benzene rings is 1. The number of furan rings is 1. The van der Waals surface area contributed by atoms with Crippen LogP contribution in [0.2, 0.25) is 0 Å². The van der Waals surface area contributed by atoms with Crippen LogP contribution in [0.15, 0.2) is 53.2 Å². The number of para-hydroxylation sites is 1. The molecular weight excluding hydrogens is 322 g/mol. The Hall–Kier alpha value is -2.29. The fourth-order valence-electron chi connectivity index (χ4n) is 3.96. The van der Waals surface area contributed by atoms with Crippen molar-refractivity contribution in [3.05, 3.63) is 60.1 Å². The highest BCUT2D eigenvalue weighted by atomic mass is 16.5. The van der Waals surface area contributed by atoms with Crippen molar-refractivity contribution in [2.75, 3.05) is 6.61 Å². The highest BCUT2D eigenvalue weighted by molar-refractivity contribution is 5.76. The summed E-state index contributed by atoms with van der Waals surface area (Å²) in [6.07, 6.45) is 5.82. The Morgan fingerprint density at radius 3 is 2.69 bits per heavy atom. The van der Waals surface area contributed by atoms with Crippen LogP contribution in [-0.4, -0.2) is 11.6 Å². The van der Waals surface area contributed by atoms with Crippen molar-refractivity contribution in [3.8, 4) is 5.75 Å². The number of hydrogen-bond acceptors (Lipinski definition) is 3. The number of nitrogens with zero attached hydrogens (tertiary/aromatic N) is 1. The Balaban J connectivity index is 1.52. The van der Waals surface area contributed by atoms with Gasteiger partial charge in [0.25, 0.3) is 0 Å². The van der Waals surface area contributed by atoms with Crippen LogP contribution in [0.4, 0.5) is 0 Å². The maximum atomic E-state index is 6.12. The molecule has 136 valence electrons. The number of ether oxygens (including phenoxy) is 1. The molecule has 26 heavy (non-hydrogen) atoms. The van der Waals surface area contributed by atoms with E-state index < -0.39 is 0 Å². The van der Waals surface area contributed by atoms with Gasteiger partial charge in [-0.25, -0.2) is 0 Å². The van der Waals surface area contributed by atoms with E-state index in [1.54, 1.807) is 6.20 Å². The summed E-state index contributed by atoms with van der Waals surface area (Å²) < 4.78 is 12.0. The molecule has 1 unspecified atom stereocenters. The molecule has 0 fully saturated rings. The van der Waals surface area contributed by atoms with Crippen molar-refractivity contribution in [1.29, 1.82) is 0 Å². The second kappa shape index (κ2) is 6.15. The molecule has 0 N–H and O–H groups in total. The van der Waals surface area contributed by atoms with Crippen molar-refractivity contribution in [2.24, 2.45) is 5.41 Å². The quantitative estimate of drug-likeness (QED) is 0.559. The standard InChI is InChI=1S/C23H27NO2/c1-22(2,18-15-25-20-8-6-5-7-17(18)20)10-11-23(3,4)21-13-16-14-24-12-9-19(16)26-21/h5-9,12-14,18H,10-11,15H2,1-4H3. The van der Waals surface area contributed by atoms with Crippen LogP contribution in [0.1, 0.15) is 57.8 Å². The summed E-state index contributed by atoms with van der Waals surface area (Å²) in [6, 6.07) is 12.5. The molecule has 1 aromatic carbocycles. The summed E-state index contributed by atoms with van der Waals surface area (Å²) in [5, 5.41) is 1.08. The van der Waals surface area contributed by atoms with Crippen LogP contribution in [0.25, 0.3) is 11.0 Å². The highest BCUT2D eigenvalue weighted by Crippen LogP contribution is 2.48. The van der Waals surface area contributed by atoms with Gasteiger partial charge >= 0.3 is 0 Å². The van der Waals surface area contributed by atoms with Crippen LogP contribution in [0, 0.1) is 5.41 Å². The van der Waals surface area contributed by atoms with E-state index in [2.05, 4.69) is 56.9 Å². The molecule has 0 saturated heterocycles. The normalized spacial score (nSPS) is 17.3. The van der Waals surface area contributed by atoms with Crippen LogP contribution in [0.5, 0.6) is 5.75 Å². The van der Waals surface area contributed by atoms with Crippen LogP contribution >= 0.6 is 0 Å². The average Bonchev–Trinajstić information content (AvgIpc) is 3.25. The largest absolute Gasteiger partial charge is 0.493 e. The molecule has 0 radical (unpaired) electrons. The Kier molecular flexibility index (Phi) is 4.06. The van der Waals surface area contributed by atoms with Crippen molar-refractivity contribution in [2.45, 2.75) is 51.9 Å². The SMILES string of the molecule is CC(C)(CCC(C)(C)C1COc2ccccc21)c1cc2cnccc2o1. The van der Waals surface area contributed by atoms with E-state index in [1.807, 2.05) is 18.3 Å². The van der Waals surface area contributed by atoms with Crippen LogP contribution in [-0.2, 0) is 5.41 Å². The summed E-state index contributed by atoms with van der Waals surface area (Å²) in [7, 11) is 0. The van der Waals surface area contributed by atoms with Gasteiger partial charge in [0.1, 0.15) is 17.1 Å². The molecule has 3 aromatic rings. The minimum atomic E-state index is -0.0186. The van der Waals surface area contributed by atoms with Gasteiger partial charge in [-0.15, -0.1) is 0 Å². The third kappa shape index (κ3) is 3.00. The van der Waals surface area contributed by atoms with E-state index in [4.69, 9.17) is 9.15 Å². The van der Waals surface area contributed by atoms with Crippen LogP contribution in [0.3, 0.4) is 0 Å². The topological polar surface area (TPSA) is 35.3 Å². The lowest BCUT2D eigenvalue weighted by Crippen LogP contribution is -2.27. The van der Waals surface area contributed by atoms with Crippen molar-refractivity contribution < 1.29 is 9.15 Å². The Morgan fingerprint density at radius 2 is 1.88 bits per heavy atom. The lowest BCUT2D eigenvalue weighted by Gasteiger charge is -2.34. The molecule has 1 aliphatic rings. The molecule has 0 spiro atoms. The zero-order valence-electron chi connectivity index (χ0n) is 16.1. The second-order valence-electron chi connectivity index (χ2n) is 8.80. The first kappa shape index (κ1) is 17.1. The first-order valence-electron chi connectivity index (χ1n) is 9.43. The second-order valence-corrected chi connectivity index (χ2v) is 8.80. The van der Waals surface area contributed by atoms with Gasteiger partial charge in [-0.2, -0.15) is 0 Å². The van der Waals surface area contributed by atoms with E-state index in [-0.39, 0.29) is 10.8 Å². The average molecular weight is 349 g/mol. The Labute approximate surface area is 155 Å². The van der Waals surface area contributed by atoms with Gasteiger partial charge in [-0.1, -0.05) is 45.9 Å². The fraction of sp³-hybridized carbons (Fsp3) is 0.435. The summed E-state index contributed by atoms with van der Waals surface area (Å²) in [6.45, 7) is 10.0. The zero-order valence-corrected chi connectivity index (χ0v) is 16.1. The molecule has 3 nitrogen and oxygen atoms in total. The third-order valence-corrected chi connectivity index (χ3v) is 6.02. The van der Waals surface area contributed by atoms with E-state index in [0.29, 0.717) is 5.92 Å². The number of hydrogen-bond donors (Lipinski definition) is 0. The summed E-state index contributed by atoms with van der Waals surface area (Å²) in [4.78, 5) is 4.19. The van der Waals surface area contributed by atoms with E-state index in [1.165, 1.54) is 5.56 Å². The third-order valence-electron chi connectivity index (χ3n) is 6.02. The van der Waals surface area contributed by atoms with E-state index in [9.17, 15) is 0 Å². The summed E-state index contributed by atoms with van der Waals surface area (Å²) in [5.74, 6) is 2.53. The van der Waals surface area contributed by atoms with Gasteiger partial charge in [0.2, 0.25) is 0 Å². The predicted molar refractivity (Wildman–Crippen MR) is 105 cm³/mol. The molecule has 3 heterocycles. The maximum Gasteiger partial charge on any atom is 0.137 e. The smallest absolute Gasteiger partial charge is 0.137 e. The highest BCUT2D eigenvalue weighted by Gasteiger charge is 2.38. The lowest BCUT2D eigenvalue weighted by molar-refractivity contribution is 0.190. The molecule has 0 aliphatic carbocycles. The van der Waals surface area contributed by atoms with Gasteiger partial charge < -0.3 is 9.15 Å². The fourth-order valence-corrected chi connectivity index (χ4v) is 3.96. The first-order chi connectivity index (χ1) is 12.4. The van der Waals surface area contributed by atoms with Gasteiger partial charge in [-0.05, 0) is 36.5 Å². The molecule has 3 heteroatoms. The van der Waals surface area contributed by atoms with E-state index >= 15 is 0 Å². The Morgan fingerprint density at radius 1 is 1.08 bits per heavy atom. The molecule has 1 atom stereocenters. The van der Waals surface area contributed by atoms with Crippen LogP contribution < -0.4 is 4.74 Å². The molecule has 4 rings (SSSR count). The maximum absolute atomic E-state index is 6.12.